The molecule has 1 aromatic heterocycles. The van der Waals surface area contributed by atoms with Gasteiger partial charge in [0.1, 0.15) is 5.75 Å². The van der Waals surface area contributed by atoms with E-state index < -0.39 is 0 Å². The zero-order valence-corrected chi connectivity index (χ0v) is 11.9. The molecule has 2 rings (SSSR count). The van der Waals surface area contributed by atoms with Gasteiger partial charge in [-0.25, -0.2) is 0 Å². The van der Waals surface area contributed by atoms with Crippen LogP contribution in [-0.4, -0.2) is 17.1 Å². The number of nitrogens with one attached hydrogen (secondary N) is 1. The normalized spacial score (nSPS) is 10.1. The van der Waals surface area contributed by atoms with Crippen molar-refractivity contribution in [1.29, 1.82) is 0 Å². The third kappa shape index (κ3) is 4.80. The first-order valence-electron chi connectivity index (χ1n) is 6.75. The molecule has 0 aliphatic heterocycles. The molecule has 0 radical (unpaired) electrons. The van der Waals surface area contributed by atoms with E-state index in [0.29, 0.717) is 19.6 Å². The average molecular weight is 286 g/mol. The molecule has 1 N–H and O–H groups in total. The Bertz CT molecular complexity index is 650. The number of hydrogen-bond donors (Lipinski definition) is 1. The van der Waals surface area contributed by atoms with Crippen LogP contribution in [0.1, 0.15) is 12.0 Å². The fourth-order valence-corrected chi connectivity index (χ4v) is 1.82. The second-order valence-electron chi connectivity index (χ2n) is 4.67. The van der Waals surface area contributed by atoms with Crippen LogP contribution < -0.4 is 15.6 Å². The van der Waals surface area contributed by atoms with Gasteiger partial charge >= 0.3 is 0 Å². The highest BCUT2D eigenvalue weighted by Gasteiger charge is 2.03. The molecule has 21 heavy (non-hydrogen) atoms. The zero-order chi connectivity index (χ0) is 15.1. The zero-order valence-electron chi connectivity index (χ0n) is 11.9. The van der Waals surface area contributed by atoms with Crippen LogP contribution in [-0.2, 0) is 18.4 Å². The third-order valence-corrected chi connectivity index (χ3v) is 2.98. The quantitative estimate of drug-likeness (QED) is 0.875. The van der Waals surface area contributed by atoms with Crippen LogP contribution in [0.15, 0.2) is 53.5 Å². The first-order chi connectivity index (χ1) is 10.1. The number of aryl methyl sites for hydroxylation is 1. The molecule has 1 aromatic carbocycles. The summed E-state index contributed by atoms with van der Waals surface area (Å²) in [6, 6.07) is 12.6. The number of para-hydroxylation sites is 1. The van der Waals surface area contributed by atoms with Gasteiger partial charge in [0.25, 0.3) is 0 Å². The summed E-state index contributed by atoms with van der Waals surface area (Å²) >= 11 is 0. The van der Waals surface area contributed by atoms with E-state index in [1.54, 1.807) is 19.3 Å². The first kappa shape index (κ1) is 14.8. The highest BCUT2D eigenvalue weighted by atomic mass is 16.5. The molecule has 5 heteroatoms. The largest absolute Gasteiger partial charge is 0.493 e. The molecule has 0 unspecified atom stereocenters. The van der Waals surface area contributed by atoms with Crippen LogP contribution >= 0.6 is 0 Å². The number of nitrogens with zero attached hydrogens (tertiary/aromatic N) is 1. The lowest BCUT2D eigenvalue weighted by atomic mass is 10.2. The summed E-state index contributed by atoms with van der Waals surface area (Å²) in [5, 5.41) is 2.80. The third-order valence-electron chi connectivity index (χ3n) is 2.98. The monoisotopic (exact) mass is 286 g/mol. The van der Waals surface area contributed by atoms with Crippen LogP contribution in [0.2, 0.25) is 0 Å². The second-order valence-corrected chi connectivity index (χ2v) is 4.67. The van der Waals surface area contributed by atoms with Crippen LogP contribution in [0.5, 0.6) is 5.75 Å². The molecule has 0 fully saturated rings. The summed E-state index contributed by atoms with van der Waals surface area (Å²) in [4.78, 5) is 22.9. The number of ether oxygens (including phenoxy) is 1. The second kappa shape index (κ2) is 7.28. The Balaban J connectivity index is 1.72. The van der Waals surface area contributed by atoms with E-state index in [9.17, 15) is 9.59 Å². The number of carbonyl (C=O) groups is 1. The van der Waals surface area contributed by atoms with Crippen molar-refractivity contribution in [2.45, 2.75) is 13.0 Å². The Morgan fingerprint density at radius 2 is 1.95 bits per heavy atom. The summed E-state index contributed by atoms with van der Waals surface area (Å²) in [6.45, 7) is 0.738. The molecule has 0 aliphatic rings. The fraction of sp³-hybridized carbons (Fsp3) is 0.250. The molecule has 110 valence electrons. The van der Waals surface area contributed by atoms with E-state index in [-0.39, 0.29) is 11.5 Å². The maximum absolute atomic E-state index is 11.7. The van der Waals surface area contributed by atoms with Gasteiger partial charge in [-0.2, -0.15) is 0 Å². The summed E-state index contributed by atoms with van der Waals surface area (Å²) in [6.07, 6.45) is 2.00. The Hall–Kier alpha value is -2.56. The van der Waals surface area contributed by atoms with Crippen molar-refractivity contribution in [3.05, 3.63) is 64.6 Å². The van der Waals surface area contributed by atoms with Crippen LogP contribution in [0.3, 0.4) is 0 Å². The molecule has 0 spiro atoms. The van der Waals surface area contributed by atoms with Gasteiger partial charge in [0, 0.05) is 25.9 Å². The van der Waals surface area contributed by atoms with Gasteiger partial charge in [-0.1, -0.05) is 24.3 Å². The molecule has 0 aliphatic carbocycles. The van der Waals surface area contributed by atoms with Crippen molar-refractivity contribution in [1.82, 2.24) is 9.88 Å². The Kier molecular flexibility index (Phi) is 5.15. The summed E-state index contributed by atoms with van der Waals surface area (Å²) in [5.74, 6) is 0.670. The van der Waals surface area contributed by atoms with Gasteiger partial charge in [-0.3, -0.25) is 9.59 Å². The van der Waals surface area contributed by atoms with Crippen molar-refractivity contribution in [3.63, 3.8) is 0 Å². The highest BCUT2D eigenvalue weighted by molar-refractivity contribution is 5.75. The predicted octanol–water partition coefficient (Wildman–Crippen LogP) is 1.47. The molecule has 0 saturated carbocycles. The number of rotatable bonds is 6. The fourth-order valence-electron chi connectivity index (χ4n) is 1.82. The van der Waals surface area contributed by atoms with Crippen molar-refractivity contribution < 1.29 is 9.53 Å². The number of carbonyl (C=O) groups excluding carboxylic acids is 1. The minimum Gasteiger partial charge on any atom is -0.493 e. The van der Waals surface area contributed by atoms with Crippen LogP contribution in [0.25, 0.3) is 0 Å². The van der Waals surface area contributed by atoms with Crippen LogP contribution in [0.4, 0.5) is 0 Å². The highest BCUT2D eigenvalue weighted by Crippen LogP contribution is 2.08. The number of hydrogen-bond acceptors (Lipinski definition) is 3. The standard InChI is InChI=1S/C16H18N2O3/c1-18-12-13(7-8-16(18)20)11-17-15(19)9-10-21-14-5-3-2-4-6-14/h2-8,12H,9-11H2,1H3,(H,17,19). The molecule has 2 aromatic rings. The van der Waals surface area contributed by atoms with Crippen molar-refractivity contribution in [2.75, 3.05) is 6.61 Å². The number of amides is 1. The van der Waals surface area contributed by atoms with Crippen molar-refractivity contribution >= 4 is 5.91 Å². The average Bonchev–Trinajstić information content (AvgIpc) is 2.49. The first-order valence-corrected chi connectivity index (χ1v) is 6.75. The molecular formula is C16H18N2O3. The minimum absolute atomic E-state index is 0.0682. The van der Waals surface area contributed by atoms with Gasteiger partial charge in [-0.15, -0.1) is 0 Å². The molecular weight excluding hydrogens is 268 g/mol. The maximum atomic E-state index is 11.7. The molecule has 0 atom stereocenters. The van der Waals surface area contributed by atoms with E-state index in [1.807, 2.05) is 30.3 Å². The van der Waals surface area contributed by atoms with Crippen LogP contribution in [0, 0.1) is 0 Å². The molecule has 5 nitrogen and oxygen atoms in total. The lowest BCUT2D eigenvalue weighted by Gasteiger charge is -2.08. The molecule has 1 amide bonds. The van der Waals surface area contributed by atoms with Crippen molar-refractivity contribution in [3.8, 4) is 5.75 Å². The number of aromatic nitrogens is 1. The number of benzene rings is 1. The van der Waals surface area contributed by atoms with E-state index in [4.69, 9.17) is 4.74 Å². The Labute approximate surface area is 123 Å². The van der Waals surface area contributed by atoms with Crippen molar-refractivity contribution in [2.24, 2.45) is 7.05 Å². The molecule has 0 saturated heterocycles. The van der Waals surface area contributed by atoms with E-state index in [0.717, 1.165) is 11.3 Å². The number of pyridine rings is 1. The lowest BCUT2D eigenvalue weighted by molar-refractivity contribution is -0.121. The van der Waals surface area contributed by atoms with Gasteiger partial charge in [0.05, 0.1) is 13.0 Å². The Morgan fingerprint density at radius 1 is 1.19 bits per heavy atom. The van der Waals surface area contributed by atoms with Gasteiger partial charge in [-0.05, 0) is 17.7 Å². The van der Waals surface area contributed by atoms with E-state index in [2.05, 4.69) is 5.32 Å². The molecule has 1 heterocycles. The van der Waals surface area contributed by atoms with E-state index in [1.165, 1.54) is 10.6 Å². The smallest absolute Gasteiger partial charge is 0.250 e. The summed E-state index contributed by atoms with van der Waals surface area (Å²) < 4.78 is 6.94. The minimum atomic E-state index is -0.0835. The maximum Gasteiger partial charge on any atom is 0.250 e. The predicted molar refractivity (Wildman–Crippen MR) is 80.1 cm³/mol. The summed E-state index contributed by atoms with van der Waals surface area (Å²) in [7, 11) is 1.68. The van der Waals surface area contributed by atoms with Gasteiger partial charge in [0.2, 0.25) is 11.5 Å². The lowest BCUT2D eigenvalue weighted by Crippen LogP contribution is -2.25. The van der Waals surface area contributed by atoms with E-state index >= 15 is 0 Å². The summed E-state index contributed by atoms with van der Waals surface area (Å²) in [5.41, 5.74) is 0.816. The molecule has 0 bridgehead atoms. The van der Waals surface area contributed by atoms with Gasteiger partial charge in [0.15, 0.2) is 0 Å². The Morgan fingerprint density at radius 3 is 2.67 bits per heavy atom. The van der Waals surface area contributed by atoms with Gasteiger partial charge < -0.3 is 14.6 Å². The SMILES string of the molecule is Cn1cc(CNC(=O)CCOc2ccccc2)ccc1=O. The topological polar surface area (TPSA) is 60.3 Å².